The third kappa shape index (κ3) is 5.42. The van der Waals surface area contributed by atoms with Crippen molar-refractivity contribution in [1.29, 1.82) is 0 Å². The molecule has 1 amide bonds. The number of carbonyl (C=O) groups is 2. The van der Waals surface area contributed by atoms with Gasteiger partial charge in [0.25, 0.3) is 0 Å². The zero-order valence-corrected chi connectivity index (χ0v) is 18.1. The third-order valence-corrected chi connectivity index (χ3v) is 4.79. The fourth-order valence-corrected chi connectivity index (χ4v) is 3.45. The van der Waals surface area contributed by atoms with E-state index < -0.39 is 5.97 Å². The molecule has 0 bridgehead atoms. The Morgan fingerprint density at radius 2 is 1.90 bits per heavy atom. The quantitative estimate of drug-likeness (QED) is 0.402. The average molecular weight is 446 g/mol. The maximum absolute atomic E-state index is 12.7. The lowest BCUT2D eigenvalue weighted by molar-refractivity contribution is -0.111. The van der Waals surface area contributed by atoms with E-state index in [9.17, 15) is 9.59 Å². The van der Waals surface area contributed by atoms with E-state index in [1.807, 2.05) is 37.2 Å². The number of rotatable bonds is 7. The van der Waals surface area contributed by atoms with Gasteiger partial charge in [0, 0.05) is 39.8 Å². The van der Waals surface area contributed by atoms with Gasteiger partial charge in [0.15, 0.2) is 0 Å². The largest absolute Gasteiger partial charge is 0.460 e. The van der Waals surface area contributed by atoms with Crippen LogP contribution in [-0.4, -0.2) is 49.0 Å². The number of esters is 1. The van der Waals surface area contributed by atoms with Gasteiger partial charge < -0.3 is 19.9 Å². The monoisotopic (exact) mass is 445 g/mol. The van der Waals surface area contributed by atoms with Crippen molar-refractivity contribution in [3.05, 3.63) is 69.8 Å². The number of para-hydroxylation sites is 1. The Labute approximate surface area is 184 Å². The van der Waals surface area contributed by atoms with Crippen LogP contribution in [0.25, 0.3) is 17.0 Å². The van der Waals surface area contributed by atoms with Crippen molar-refractivity contribution in [2.45, 2.75) is 0 Å². The molecule has 8 heteroatoms. The second kappa shape index (κ2) is 9.80. The first-order valence-electron chi connectivity index (χ1n) is 9.22. The normalized spacial score (nSPS) is 11.4. The van der Waals surface area contributed by atoms with Crippen LogP contribution in [-0.2, 0) is 9.53 Å². The fraction of sp³-hybridized carbons (Fsp3) is 0.182. The van der Waals surface area contributed by atoms with E-state index in [0.29, 0.717) is 38.7 Å². The number of aromatic amines is 1. The molecular formula is C22H21Cl2N3O3. The van der Waals surface area contributed by atoms with Crippen molar-refractivity contribution < 1.29 is 14.3 Å². The van der Waals surface area contributed by atoms with E-state index >= 15 is 0 Å². The highest BCUT2D eigenvalue weighted by Gasteiger charge is 2.20. The number of benzene rings is 2. The number of ether oxygens (including phenoxy) is 1. The average Bonchev–Trinajstić information content (AvgIpc) is 3.05. The summed E-state index contributed by atoms with van der Waals surface area (Å²) in [5, 5.41) is 4.14. The van der Waals surface area contributed by atoms with Crippen molar-refractivity contribution >= 4 is 57.7 Å². The summed E-state index contributed by atoms with van der Waals surface area (Å²) >= 11 is 12.5. The predicted molar refractivity (Wildman–Crippen MR) is 121 cm³/mol. The van der Waals surface area contributed by atoms with Crippen LogP contribution in [0.2, 0.25) is 10.0 Å². The van der Waals surface area contributed by atoms with Crippen molar-refractivity contribution in [3.8, 4) is 0 Å². The van der Waals surface area contributed by atoms with Crippen LogP contribution in [0.1, 0.15) is 16.1 Å². The van der Waals surface area contributed by atoms with Crippen molar-refractivity contribution in [2.24, 2.45) is 0 Å². The predicted octanol–water partition coefficient (Wildman–Crippen LogP) is 4.85. The van der Waals surface area contributed by atoms with Gasteiger partial charge in [0.2, 0.25) is 5.91 Å². The van der Waals surface area contributed by atoms with Crippen molar-refractivity contribution in [3.63, 3.8) is 0 Å². The highest BCUT2D eigenvalue weighted by molar-refractivity contribution is 6.39. The molecule has 2 N–H and O–H groups in total. The molecule has 0 fully saturated rings. The number of nitrogens with zero attached hydrogens (tertiary/aromatic N) is 1. The van der Waals surface area contributed by atoms with E-state index in [1.54, 1.807) is 30.3 Å². The third-order valence-electron chi connectivity index (χ3n) is 4.27. The molecule has 0 unspecified atom stereocenters. The van der Waals surface area contributed by atoms with Crippen LogP contribution >= 0.6 is 23.2 Å². The maximum atomic E-state index is 12.7. The van der Waals surface area contributed by atoms with Gasteiger partial charge in [-0.2, -0.15) is 0 Å². The first-order chi connectivity index (χ1) is 14.3. The zero-order chi connectivity index (χ0) is 21.7. The molecule has 1 heterocycles. The molecule has 3 rings (SSSR count). The number of hydrogen-bond donors (Lipinski definition) is 2. The minimum atomic E-state index is -0.539. The van der Waals surface area contributed by atoms with Gasteiger partial charge in [-0.25, -0.2) is 4.79 Å². The number of hydrogen-bond acceptors (Lipinski definition) is 4. The molecule has 0 saturated carbocycles. The number of halogens is 2. The number of likely N-dealkylation sites (N-methyl/N-ethyl adjacent to an activating group) is 1. The summed E-state index contributed by atoms with van der Waals surface area (Å²) in [5.41, 5.74) is 1.91. The van der Waals surface area contributed by atoms with Gasteiger partial charge in [-0.05, 0) is 44.4 Å². The Bertz CT molecular complexity index is 1090. The summed E-state index contributed by atoms with van der Waals surface area (Å²) in [6, 6.07) is 12.3. The molecule has 0 spiro atoms. The summed E-state index contributed by atoms with van der Waals surface area (Å²) < 4.78 is 5.36. The number of anilines is 1. The Morgan fingerprint density at radius 3 is 2.60 bits per heavy atom. The summed E-state index contributed by atoms with van der Waals surface area (Å²) in [6.07, 6.45) is 2.89. The number of nitrogens with one attached hydrogen (secondary N) is 2. The number of H-pyrrole nitrogens is 1. The highest BCUT2D eigenvalue weighted by atomic mass is 35.5. The summed E-state index contributed by atoms with van der Waals surface area (Å²) in [7, 11) is 3.77. The van der Waals surface area contributed by atoms with E-state index in [1.165, 1.54) is 6.08 Å². The summed E-state index contributed by atoms with van der Waals surface area (Å²) in [5.74, 6) is -0.879. The Kier molecular flexibility index (Phi) is 7.15. The lowest BCUT2D eigenvalue weighted by atomic mass is 10.1. The number of carbonyl (C=O) groups excluding carboxylic acids is 2. The topological polar surface area (TPSA) is 74.4 Å². The molecule has 0 aliphatic carbocycles. The molecule has 30 heavy (non-hydrogen) atoms. The molecule has 156 valence electrons. The smallest absolute Gasteiger partial charge is 0.355 e. The minimum absolute atomic E-state index is 0.205. The van der Waals surface area contributed by atoms with E-state index in [-0.39, 0.29) is 18.2 Å². The molecule has 2 aromatic carbocycles. The summed E-state index contributed by atoms with van der Waals surface area (Å²) in [4.78, 5) is 29.9. The van der Waals surface area contributed by atoms with Gasteiger partial charge >= 0.3 is 5.97 Å². The van der Waals surface area contributed by atoms with Crippen LogP contribution in [0.5, 0.6) is 0 Å². The Morgan fingerprint density at radius 1 is 1.17 bits per heavy atom. The first kappa shape index (κ1) is 21.9. The fourth-order valence-electron chi connectivity index (χ4n) is 2.86. The standard InChI is InChI=1S/C22H21Cl2N3O3/c1-27(2)10-11-30-22(29)21-16(20-17(24)12-14(23)13-18(20)26-21)8-9-19(28)25-15-6-4-3-5-7-15/h3-9,12-13,26H,10-11H2,1-2H3,(H,25,28)/b9-8+. The second-order valence-corrected chi connectivity index (χ2v) is 7.70. The Hall–Kier alpha value is -2.80. The lowest BCUT2D eigenvalue weighted by Gasteiger charge is -2.09. The van der Waals surface area contributed by atoms with Crippen LogP contribution in [0.3, 0.4) is 0 Å². The van der Waals surface area contributed by atoms with Crippen LogP contribution < -0.4 is 5.32 Å². The van der Waals surface area contributed by atoms with E-state index in [0.717, 1.165) is 0 Å². The molecule has 0 aliphatic rings. The van der Waals surface area contributed by atoms with E-state index in [4.69, 9.17) is 27.9 Å². The number of aromatic nitrogens is 1. The number of fused-ring (bicyclic) bond motifs is 1. The van der Waals surface area contributed by atoms with Gasteiger partial charge in [-0.1, -0.05) is 41.4 Å². The van der Waals surface area contributed by atoms with E-state index in [2.05, 4.69) is 10.3 Å². The molecular weight excluding hydrogens is 425 g/mol. The summed E-state index contributed by atoms with van der Waals surface area (Å²) in [6.45, 7) is 0.816. The van der Waals surface area contributed by atoms with Crippen molar-refractivity contribution in [2.75, 3.05) is 32.6 Å². The minimum Gasteiger partial charge on any atom is -0.460 e. The number of amides is 1. The van der Waals surface area contributed by atoms with Gasteiger partial charge in [0.05, 0.1) is 5.02 Å². The molecule has 0 aliphatic heterocycles. The molecule has 0 radical (unpaired) electrons. The molecule has 3 aromatic rings. The highest BCUT2D eigenvalue weighted by Crippen LogP contribution is 2.33. The van der Waals surface area contributed by atoms with Gasteiger partial charge in [0.1, 0.15) is 12.3 Å². The van der Waals surface area contributed by atoms with Gasteiger partial charge in [-0.3, -0.25) is 4.79 Å². The van der Waals surface area contributed by atoms with Crippen molar-refractivity contribution in [1.82, 2.24) is 9.88 Å². The van der Waals surface area contributed by atoms with Crippen LogP contribution in [0.4, 0.5) is 5.69 Å². The maximum Gasteiger partial charge on any atom is 0.355 e. The molecule has 1 aromatic heterocycles. The van der Waals surface area contributed by atoms with Gasteiger partial charge in [-0.15, -0.1) is 0 Å². The second-order valence-electron chi connectivity index (χ2n) is 6.85. The lowest BCUT2D eigenvalue weighted by Crippen LogP contribution is -2.20. The molecule has 0 atom stereocenters. The SMILES string of the molecule is CN(C)CCOC(=O)c1[nH]c2cc(Cl)cc(Cl)c2c1/C=C/C(=O)Nc1ccccc1. The zero-order valence-electron chi connectivity index (χ0n) is 16.5. The Balaban J connectivity index is 1.92. The molecule has 6 nitrogen and oxygen atoms in total. The molecule has 0 saturated heterocycles. The first-order valence-corrected chi connectivity index (χ1v) is 9.97. The van der Waals surface area contributed by atoms with Crippen LogP contribution in [0.15, 0.2) is 48.5 Å². The van der Waals surface area contributed by atoms with Crippen LogP contribution in [0, 0.1) is 0 Å².